The second-order valence-corrected chi connectivity index (χ2v) is 7.01. The molecule has 0 bridgehead atoms. The fourth-order valence-electron chi connectivity index (χ4n) is 3.52. The van der Waals surface area contributed by atoms with Crippen LogP contribution in [0.2, 0.25) is 0 Å². The van der Waals surface area contributed by atoms with Crippen LogP contribution in [0, 0.1) is 23.0 Å². The zero-order valence-corrected chi connectivity index (χ0v) is 14.5. The molecular formula is C18H25F2N3O2. The maximum atomic E-state index is 13.9. The van der Waals surface area contributed by atoms with Gasteiger partial charge in [-0.05, 0) is 18.1 Å². The largest absolute Gasteiger partial charge is 0.485 e. The van der Waals surface area contributed by atoms with Crippen molar-refractivity contribution in [2.24, 2.45) is 5.92 Å². The van der Waals surface area contributed by atoms with E-state index in [0.29, 0.717) is 12.3 Å². The molecule has 1 saturated carbocycles. The number of nitrogens with zero attached hydrogens (tertiary/aromatic N) is 1. The van der Waals surface area contributed by atoms with Crippen LogP contribution in [0.15, 0.2) is 18.2 Å². The molecule has 1 unspecified atom stereocenters. The molecule has 138 valence electrons. The minimum absolute atomic E-state index is 0.0136. The summed E-state index contributed by atoms with van der Waals surface area (Å²) in [5.74, 6) is -0.655. The zero-order valence-electron chi connectivity index (χ0n) is 14.5. The molecule has 1 atom stereocenters. The van der Waals surface area contributed by atoms with E-state index in [9.17, 15) is 8.78 Å². The van der Waals surface area contributed by atoms with E-state index >= 15 is 0 Å². The summed E-state index contributed by atoms with van der Waals surface area (Å²) >= 11 is 0. The second kappa shape index (κ2) is 7.56. The molecule has 2 N–H and O–H groups in total. The predicted molar refractivity (Wildman–Crippen MR) is 90.4 cm³/mol. The molecule has 0 radical (unpaired) electrons. The van der Waals surface area contributed by atoms with Gasteiger partial charge in [-0.1, -0.05) is 32.1 Å². The highest BCUT2D eigenvalue weighted by Gasteiger charge is 2.40. The Morgan fingerprint density at radius 3 is 2.76 bits per heavy atom. The molecule has 2 fully saturated rings. The Labute approximate surface area is 146 Å². The highest BCUT2D eigenvalue weighted by molar-refractivity contribution is 5.77. The van der Waals surface area contributed by atoms with E-state index < -0.39 is 17.4 Å². The van der Waals surface area contributed by atoms with Gasteiger partial charge in [0, 0.05) is 19.5 Å². The lowest BCUT2D eigenvalue weighted by atomic mass is 9.83. The van der Waals surface area contributed by atoms with E-state index in [1.54, 1.807) is 11.9 Å². The molecule has 1 saturated heterocycles. The van der Waals surface area contributed by atoms with Gasteiger partial charge in [0.05, 0.1) is 0 Å². The Morgan fingerprint density at radius 2 is 2.08 bits per heavy atom. The van der Waals surface area contributed by atoms with Crippen molar-refractivity contribution in [3.8, 4) is 5.75 Å². The molecule has 1 aromatic carbocycles. The fourth-order valence-corrected chi connectivity index (χ4v) is 3.52. The smallest absolute Gasteiger partial charge is 0.194 e. The van der Waals surface area contributed by atoms with E-state index in [2.05, 4.69) is 5.32 Å². The predicted octanol–water partition coefficient (Wildman–Crippen LogP) is 3.45. The number of guanidine groups is 1. The van der Waals surface area contributed by atoms with Crippen LogP contribution in [0.3, 0.4) is 0 Å². The van der Waals surface area contributed by atoms with Gasteiger partial charge in [-0.15, -0.1) is 0 Å². The van der Waals surface area contributed by atoms with Crippen LogP contribution in [0.4, 0.5) is 8.78 Å². The molecule has 0 aromatic heterocycles. The summed E-state index contributed by atoms with van der Waals surface area (Å²) in [6, 6.07) is 3.24. The number of hydrogen-bond acceptors (Lipinski definition) is 3. The quantitative estimate of drug-likeness (QED) is 0.851. The Bertz CT molecular complexity index is 622. The Hall–Kier alpha value is -1.89. The molecule has 2 aliphatic rings. The van der Waals surface area contributed by atoms with Crippen LogP contribution in [0.1, 0.15) is 38.5 Å². The number of benzene rings is 1. The standard InChI is InChI=1S/C18H25F2N3O2/c1-23-12-25-18(22-17(23)21,10-13-5-3-2-4-6-13)11-24-16-8-7-14(19)9-15(16)20/h7-9,13H,2-6,10-12H2,1H3,(H2,21,22). The molecule has 1 aliphatic carbocycles. The summed E-state index contributed by atoms with van der Waals surface area (Å²) in [6.07, 6.45) is 6.61. The molecule has 1 aromatic rings. The van der Waals surface area contributed by atoms with Gasteiger partial charge in [0.15, 0.2) is 23.3 Å². The molecule has 1 aliphatic heterocycles. The van der Waals surface area contributed by atoms with Gasteiger partial charge in [-0.2, -0.15) is 0 Å². The number of nitrogens with one attached hydrogen (secondary N) is 2. The fraction of sp³-hybridized carbons (Fsp3) is 0.611. The van der Waals surface area contributed by atoms with Crippen LogP contribution in [0.5, 0.6) is 5.75 Å². The average molecular weight is 353 g/mol. The Morgan fingerprint density at radius 1 is 1.32 bits per heavy atom. The SMILES string of the molecule is CN1COC(COc2ccc(F)cc2F)(CC2CCCCC2)NC1=N. The zero-order chi connectivity index (χ0) is 17.9. The van der Waals surface area contributed by atoms with Gasteiger partial charge in [-0.25, -0.2) is 8.78 Å². The summed E-state index contributed by atoms with van der Waals surface area (Å²) < 4.78 is 38.5. The maximum Gasteiger partial charge on any atom is 0.194 e. The van der Waals surface area contributed by atoms with Crippen molar-refractivity contribution in [3.05, 3.63) is 29.8 Å². The number of ether oxygens (including phenoxy) is 2. The average Bonchev–Trinajstić information content (AvgIpc) is 2.59. The molecule has 25 heavy (non-hydrogen) atoms. The lowest BCUT2D eigenvalue weighted by Crippen LogP contribution is -2.64. The first-order chi connectivity index (χ1) is 12.0. The molecular weight excluding hydrogens is 328 g/mol. The number of rotatable bonds is 5. The normalized spacial score (nSPS) is 24.9. The van der Waals surface area contributed by atoms with Gasteiger partial charge >= 0.3 is 0 Å². The minimum atomic E-state index is -0.869. The molecule has 3 rings (SSSR count). The summed E-state index contributed by atoms with van der Waals surface area (Å²) in [5.41, 5.74) is -0.869. The van der Waals surface area contributed by atoms with E-state index in [1.165, 1.54) is 25.3 Å². The third-order valence-corrected chi connectivity index (χ3v) is 4.96. The lowest BCUT2D eigenvalue weighted by Gasteiger charge is -2.44. The summed E-state index contributed by atoms with van der Waals surface area (Å²) in [7, 11) is 1.76. The van der Waals surface area contributed by atoms with Crippen molar-refractivity contribution in [3.63, 3.8) is 0 Å². The number of hydrogen-bond donors (Lipinski definition) is 2. The Balaban J connectivity index is 1.72. The van der Waals surface area contributed by atoms with E-state index in [4.69, 9.17) is 14.9 Å². The monoisotopic (exact) mass is 353 g/mol. The summed E-state index contributed by atoms with van der Waals surface area (Å²) in [5, 5.41) is 11.2. The van der Waals surface area contributed by atoms with Gasteiger partial charge in [-0.3, -0.25) is 5.41 Å². The second-order valence-electron chi connectivity index (χ2n) is 7.01. The first-order valence-corrected chi connectivity index (χ1v) is 8.77. The highest BCUT2D eigenvalue weighted by atomic mass is 19.1. The van der Waals surface area contributed by atoms with Gasteiger partial charge in [0.25, 0.3) is 0 Å². The first kappa shape index (κ1) is 17.9. The van der Waals surface area contributed by atoms with Gasteiger partial charge < -0.3 is 19.7 Å². The van der Waals surface area contributed by atoms with Crippen molar-refractivity contribution in [1.82, 2.24) is 10.2 Å². The topological polar surface area (TPSA) is 57.6 Å². The molecule has 7 heteroatoms. The van der Waals surface area contributed by atoms with Crippen molar-refractivity contribution in [2.75, 3.05) is 20.4 Å². The van der Waals surface area contributed by atoms with Gasteiger partial charge in [0.1, 0.15) is 19.2 Å². The van der Waals surface area contributed by atoms with Crippen molar-refractivity contribution < 1.29 is 18.3 Å². The van der Waals surface area contributed by atoms with E-state index in [-0.39, 0.29) is 25.0 Å². The molecule has 5 nitrogen and oxygen atoms in total. The van der Waals surface area contributed by atoms with Crippen molar-refractivity contribution >= 4 is 5.96 Å². The summed E-state index contributed by atoms with van der Waals surface area (Å²) in [4.78, 5) is 1.65. The third-order valence-electron chi connectivity index (χ3n) is 4.96. The lowest BCUT2D eigenvalue weighted by molar-refractivity contribution is -0.141. The van der Waals surface area contributed by atoms with Crippen molar-refractivity contribution in [2.45, 2.75) is 44.2 Å². The summed E-state index contributed by atoms with van der Waals surface area (Å²) in [6.45, 7) is 0.329. The molecule has 0 amide bonds. The van der Waals surface area contributed by atoms with Crippen LogP contribution >= 0.6 is 0 Å². The van der Waals surface area contributed by atoms with Crippen LogP contribution in [-0.2, 0) is 4.74 Å². The number of halogens is 2. The van der Waals surface area contributed by atoms with Gasteiger partial charge in [0.2, 0.25) is 0 Å². The van der Waals surface area contributed by atoms with Crippen LogP contribution in [-0.4, -0.2) is 37.0 Å². The minimum Gasteiger partial charge on any atom is -0.485 e. The highest BCUT2D eigenvalue weighted by Crippen LogP contribution is 2.33. The maximum absolute atomic E-state index is 13.9. The van der Waals surface area contributed by atoms with Crippen LogP contribution in [0.25, 0.3) is 0 Å². The third kappa shape index (κ3) is 4.39. The van der Waals surface area contributed by atoms with Crippen molar-refractivity contribution in [1.29, 1.82) is 5.41 Å². The van der Waals surface area contributed by atoms with Crippen LogP contribution < -0.4 is 10.1 Å². The van der Waals surface area contributed by atoms with E-state index in [1.807, 2.05) is 0 Å². The molecule has 0 spiro atoms. The first-order valence-electron chi connectivity index (χ1n) is 8.77. The van der Waals surface area contributed by atoms with E-state index in [0.717, 1.165) is 25.0 Å². The molecule has 1 heterocycles. The Kier molecular flexibility index (Phi) is 5.42.